The van der Waals surface area contributed by atoms with Crippen molar-refractivity contribution in [2.24, 2.45) is 14.1 Å². The van der Waals surface area contributed by atoms with Gasteiger partial charge in [-0.3, -0.25) is 19.1 Å². The van der Waals surface area contributed by atoms with Crippen molar-refractivity contribution in [3.63, 3.8) is 0 Å². The Bertz CT molecular complexity index is 1230. The van der Waals surface area contributed by atoms with Crippen LogP contribution in [0.4, 0.5) is 11.4 Å². The summed E-state index contributed by atoms with van der Waals surface area (Å²) in [4.78, 5) is 40.0. The van der Waals surface area contributed by atoms with Gasteiger partial charge in [0.05, 0.1) is 17.7 Å². The molecular weight excluding hydrogens is 384 g/mol. The summed E-state index contributed by atoms with van der Waals surface area (Å²) in [6.45, 7) is 2.43. The molecule has 0 saturated heterocycles. The molecule has 0 aliphatic carbocycles. The topological polar surface area (TPSA) is 85.6 Å². The van der Waals surface area contributed by atoms with Crippen molar-refractivity contribution in [1.82, 2.24) is 9.13 Å². The number of amides is 1. The molecule has 1 aliphatic heterocycles. The minimum absolute atomic E-state index is 0.241. The van der Waals surface area contributed by atoms with Crippen LogP contribution in [0.1, 0.15) is 29.0 Å². The third kappa shape index (κ3) is 3.16. The summed E-state index contributed by atoms with van der Waals surface area (Å²) in [5.41, 5.74) is 1.13. The van der Waals surface area contributed by atoms with E-state index in [0.29, 0.717) is 29.3 Å². The number of nitrogens with one attached hydrogen (secondary N) is 1. The normalized spacial score (nSPS) is 15.5. The molecule has 154 valence electrons. The van der Waals surface area contributed by atoms with Crippen LogP contribution >= 0.6 is 0 Å². The Kier molecular flexibility index (Phi) is 4.91. The Labute approximate surface area is 172 Å². The average molecular weight is 406 g/mol. The number of ether oxygens (including phenoxy) is 1. The van der Waals surface area contributed by atoms with Gasteiger partial charge in [0.2, 0.25) is 0 Å². The van der Waals surface area contributed by atoms with Gasteiger partial charge in [0.1, 0.15) is 11.9 Å². The Morgan fingerprint density at radius 3 is 2.40 bits per heavy atom. The van der Waals surface area contributed by atoms with Crippen LogP contribution in [0.2, 0.25) is 0 Å². The van der Waals surface area contributed by atoms with Crippen LogP contribution in [0.3, 0.4) is 0 Å². The van der Waals surface area contributed by atoms with E-state index in [0.717, 1.165) is 4.57 Å². The van der Waals surface area contributed by atoms with Crippen molar-refractivity contribution >= 4 is 17.3 Å². The zero-order valence-electron chi connectivity index (χ0n) is 17.0. The maximum Gasteiger partial charge on any atom is 0.330 e. The third-order valence-electron chi connectivity index (χ3n) is 5.12. The fraction of sp³-hybridized carbons (Fsp3) is 0.227. The zero-order valence-corrected chi connectivity index (χ0v) is 17.0. The molecule has 1 aromatic heterocycles. The molecule has 0 radical (unpaired) electrons. The van der Waals surface area contributed by atoms with E-state index in [1.807, 2.05) is 13.0 Å². The third-order valence-corrected chi connectivity index (χ3v) is 5.12. The minimum atomic E-state index is -0.782. The van der Waals surface area contributed by atoms with Gasteiger partial charge >= 0.3 is 5.69 Å². The van der Waals surface area contributed by atoms with E-state index >= 15 is 0 Å². The fourth-order valence-corrected chi connectivity index (χ4v) is 3.63. The molecule has 0 saturated carbocycles. The first kappa shape index (κ1) is 19.5. The summed E-state index contributed by atoms with van der Waals surface area (Å²) >= 11 is 0. The van der Waals surface area contributed by atoms with Gasteiger partial charge in [0, 0.05) is 31.7 Å². The van der Waals surface area contributed by atoms with Gasteiger partial charge < -0.3 is 14.6 Å². The monoisotopic (exact) mass is 406 g/mol. The second kappa shape index (κ2) is 7.55. The second-order valence-electron chi connectivity index (χ2n) is 7.04. The lowest BCUT2D eigenvalue weighted by atomic mass is 10.0. The quantitative estimate of drug-likeness (QED) is 0.718. The van der Waals surface area contributed by atoms with Gasteiger partial charge in [-0.25, -0.2) is 4.79 Å². The number of para-hydroxylation sites is 1. The molecule has 4 rings (SSSR count). The second-order valence-corrected chi connectivity index (χ2v) is 7.04. The van der Waals surface area contributed by atoms with E-state index in [4.69, 9.17) is 4.74 Å². The number of benzene rings is 2. The first-order valence-corrected chi connectivity index (χ1v) is 9.61. The van der Waals surface area contributed by atoms with E-state index in [1.54, 1.807) is 49.5 Å². The van der Waals surface area contributed by atoms with Crippen molar-refractivity contribution in [2.75, 3.05) is 16.8 Å². The SMILES string of the molecule is CCOc1ccc(N2C(=O)c3ccccc3N[C@H]2c2cn(C)c(=O)n(C)c2=O)cc1. The van der Waals surface area contributed by atoms with Gasteiger partial charge in [-0.15, -0.1) is 0 Å². The first-order chi connectivity index (χ1) is 14.4. The summed E-state index contributed by atoms with van der Waals surface area (Å²) in [5, 5.41) is 3.29. The molecule has 0 fully saturated rings. The lowest BCUT2D eigenvalue weighted by Crippen LogP contribution is -2.48. The number of hydrogen-bond donors (Lipinski definition) is 1. The Balaban J connectivity index is 1.90. The van der Waals surface area contributed by atoms with Crippen LogP contribution in [0.5, 0.6) is 5.75 Å². The van der Waals surface area contributed by atoms with Crippen molar-refractivity contribution in [3.8, 4) is 5.75 Å². The summed E-state index contributed by atoms with van der Waals surface area (Å²) < 4.78 is 7.87. The lowest BCUT2D eigenvalue weighted by Gasteiger charge is -2.37. The number of carbonyl (C=O) groups is 1. The van der Waals surface area contributed by atoms with Gasteiger partial charge in [-0.1, -0.05) is 12.1 Å². The van der Waals surface area contributed by atoms with Gasteiger partial charge in [-0.2, -0.15) is 0 Å². The summed E-state index contributed by atoms with van der Waals surface area (Å²) in [5.74, 6) is 0.447. The predicted octanol–water partition coefficient (Wildman–Crippen LogP) is 2.25. The minimum Gasteiger partial charge on any atom is -0.494 e. The molecule has 8 nitrogen and oxygen atoms in total. The van der Waals surface area contributed by atoms with Gasteiger partial charge in [0.25, 0.3) is 11.5 Å². The molecule has 1 atom stereocenters. The number of carbonyl (C=O) groups excluding carboxylic acids is 1. The predicted molar refractivity (Wildman–Crippen MR) is 114 cm³/mol. The number of aryl methyl sites for hydroxylation is 1. The van der Waals surface area contributed by atoms with Crippen molar-refractivity contribution < 1.29 is 9.53 Å². The van der Waals surface area contributed by atoms with Crippen molar-refractivity contribution in [3.05, 3.63) is 86.7 Å². The maximum atomic E-state index is 13.4. The van der Waals surface area contributed by atoms with E-state index in [2.05, 4.69) is 5.32 Å². The Hall–Kier alpha value is -3.81. The lowest BCUT2D eigenvalue weighted by molar-refractivity contribution is 0.0974. The van der Waals surface area contributed by atoms with E-state index in [1.165, 1.54) is 22.7 Å². The van der Waals surface area contributed by atoms with Crippen LogP contribution < -0.4 is 26.2 Å². The number of aromatic nitrogens is 2. The van der Waals surface area contributed by atoms with Crippen LogP contribution in [0, 0.1) is 0 Å². The number of nitrogens with zero attached hydrogens (tertiary/aromatic N) is 3. The van der Waals surface area contributed by atoms with Gasteiger partial charge in [-0.05, 0) is 43.3 Å². The molecule has 30 heavy (non-hydrogen) atoms. The maximum absolute atomic E-state index is 13.4. The molecule has 0 bridgehead atoms. The zero-order chi connectivity index (χ0) is 21.4. The first-order valence-electron chi connectivity index (χ1n) is 9.61. The highest BCUT2D eigenvalue weighted by Crippen LogP contribution is 2.36. The van der Waals surface area contributed by atoms with Crippen molar-refractivity contribution in [1.29, 1.82) is 0 Å². The smallest absolute Gasteiger partial charge is 0.330 e. The molecule has 1 N–H and O–H groups in total. The molecule has 8 heteroatoms. The number of rotatable bonds is 4. The Morgan fingerprint density at radius 1 is 1.00 bits per heavy atom. The van der Waals surface area contributed by atoms with E-state index in [-0.39, 0.29) is 11.5 Å². The molecule has 3 aromatic rings. The number of hydrogen-bond acceptors (Lipinski definition) is 5. The highest BCUT2D eigenvalue weighted by molar-refractivity contribution is 6.12. The van der Waals surface area contributed by atoms with Crippen LogP contribution in [-0.4, -0.2) is 21.6 Å². The van der Waals surface area contributed by atoms with Crippen molar-refractivity contribution in [2.45, 2.75) is 13.1 Å². The largest absolute Gasteiger partial charge is 0.494 e. The van der Waals surface area contributed by atoms with Crippen LogP contribution in [-0.2, 0) is 14.1 Å². The molecular formula is C22H22N4O4. The van der Waals surface area contributed by atoms with Crippen LogP contribution in [0.25, 0.3) is 0 Å². The molecule has 0 unspecified atom stereocenters. The standard InChI is InChI=1S/C22H22N4O4/c1-4-30-15-11-9-14(10-12-15)26-19(17-13-24(2)22(29)25(3)20(17)27)23-18-8-6-5-7-16(18)21(26)28/h5-13,19,23H,4H2,1-3H3/t19-/m1/s1. The highest BCUT2D eigenvalue weighted by atomic mass is 16.5. The molecule has 0 spiro atoms. The Morgan fingerprint density at radius 2 is 1.70 bits per heavy atom. The molecule has 1 amide bonds. The summed E-state index contributed by atoms with van der Waals surface area (Å²) in [7, 11) is 3.00. The fourth-order valence-electron chi connectivity index (χ4n) is 3.63. The molecule has 1 aliphatic rings. The molecule has 2 heterocycles. The van der Waals surface area contributed by atoms with Gasteiger partial charge in [0.15, 0.2) is 0 Å². The van der Waals surface area contributed by atoms with E-state index < -0.39 is 17.4 Å². The average Bonchev–Trinajstić information content (AvgIpc) is 2.76. The summed E-state index contributed by atoms with van der Waals surface area (Å²) in [6.07, 6.45) is 0.696. The number of anilines is 2. The van der Waals surface area contributed by atoms with E-state index in [9.17, 15) is 14.4 Å². The number of fused-ring (bicyclic) bond motifs is 1. The molecule has 2 aromatic carbocycles. The summed E-state index contributed by atoms with van der Waals surface area (Å²) in [6, 6.07) is 14.3. The van der Waals surface area contributed by atoms with Crippen LogP contribution in [0.15, 0.2) is 64.3 Å². The highest BCUT2D eigenvalue weighted by Gasteiger charge is 2.36.